The smallest absolute Gasteiger partial charge is 0.219 e. The summed E-state index contributed by atoms with van der Waals surface area (Å²) in [7, 11) is -2.26. The highest BCUT2D eigenvalue weighted by molar-refractivity contribution is 7.05. The van der Waals surface area contributed by atoms with Crippen LogP contribution < -0.4 is 15.4 Å². The Morgan fingerprint density at radius 3 is 2.07 bits per heavy atom. The Kier molecular flexibility index (Phi) is 7.41. The van der Waals surface area contributed by atoms with Gasteiger partial charge in [-0.05, 0) is 42.5 Å². The molecule has 0 radical (unpaired) electrons. The summed E-state index contributed by atoms with van der Waals surface area (Å²) in [5.74, 6) is 0. The molecule has 30 heavy (non-hydrogen) atoms. The third-order valence-electron chi connectivity index (χ3n) is 6.97. The van der Waals surface area contributed by atoms with E-state index >= 15 is 0 Å². The molecule has 0 unspecified atom stereocenters. The van der Waals surface area contributed by atoms with Crippen molar-refractivity contribution in [3.8, 4) is 0 Å². The quantitative estimate of drug-likeness (QED) is 0.388. The minimum absolute atomic E-state index is 0.635. The van der Waals surface area contributed by atoms with E-state index in [-0.39, 0.29) is 0 Å². The van der Waals surface area contributed by atoms with Gasteiger partial charge in [0, 0.05) is 6.04 Å². The van der Waals surface area contributed by atoms with Crippen molar-refractivity contribution in [1.82, 2.24) is 4.98 Å². The van der Waals surface area contributed by atoms with Crippen LogP contribution in [0.1, 0.15) is 71.1 Å². The van der Waals surface area contributed by atoms with E-state index in [1.165, 1.54) is 68.2 Å². The molecule has 0 amide bonds. The van der Waals surface area contributed by atoms with E-state index < -0.39 is 8.24 Å². The molecule has 2 aliphatic carbocycles. The third-order valence-corrected chi connectivity index (χ3v) is 11.6. The largest absolute Gasteiger partial charge is 0.324 e. The monoisotopic (exact) mass is 415 g/mol. The van der Waals surface area contributed by atoms with Crippen LogP contribution in [0.15, 0.2) is 83.6 Å². The van der Waals surface area contributed by atoms with Crippen molar-refractivity contribution in [2.75, 3.05) is 0 Å². The van der Waals surface area contributed by atoms with Crippen molar-refractivity contribution in [1.29, 1.82) is 0 Å². The lowest BCUT2D eigenvalue weighted by atomic mass is 9.96. The molecule has 1 fully saturated rings. The van der Waals surface area contributed by atoms with E-state index in [4.69, 9.17) is 0 Å². The molecule has 0 aliphatic heterocycles. The zero-order valence-corrected chi connectivity index (χ0v) is 19.6. The van der Waals surface area contributed by atoms with Gasteiger partial charge < -0.3 is 4.98 Å². The van der Waals surface area contributed by atoms with Gasteiger partial charge in [-0.3, -0.25) is 0 Å². The normalized spacial score (nSPS) is 17.6. The summed E-state index contributed by atoms with van der Waals surface area (Å²) in [6.07, 6.45) is 17.9. The molecule has 1 saturated carbocycles. The molecule has 0 bridgehead atoms. The average molecular weight is 416 g/mol. The summed E-state index contributed by atoms with van der Waals surface area (Å²) in [4.78, 5) is 4.41. The van der Waals surface area contributed by atoms with Gasteiger partial charge in [-0.1, -0.05) is 123 Å². The van der Waals surface area contributed by atoms with Crippen molar-refractivity contribution in [3.63, 3.8) is 0 Å². The van der Waals surface area contributed by atoms with Gasteiger partial charge in [-0.2, -0.15) is 0 Å². The van der Waals surface area contributed by atoms with Gasteiger partial charge in [-0.25, -0.2) is 0 Å². The number of unbranched alkanes of at least 4 members (excludes halogenated alkanes) is 2. The lowest BCUT2D eigenvalue weighted by Crippen LogP contribution is -2.72. The predicted molar refractivity (Wildman–Crippen MR) is 133 cm³/mol. The Labute approximate surface area is 184 Å². The van der Waals surface area contributed by atoms with Gasteiger partial charge in [0.25, 0.3) is 0 Å². The van der Waals surface area contributed by atoms with Crippen molar-refractivity contribution >= 4 is 18.6 Å². The molecule has 2 aromatic rings. The minimum Gasteiger partial charge on any atom is -0.324 e. The summed E-state index contributed by atoms with van der Waals surface area (Å²) in [6.45, 7) is 2.30. The van der Waals surface area contributed by atoms with E-state index in [2.05, 4.69) is 84.7 Å². The Hall–Kier alpha value is -1.90. The minimum atomic E-state index is -2.26. The molecule has 0 heterocycles. The van der Waals surface area contributed by atoms with Gasteiger partial charge >= 0.3 is 0 Å². The molecule has 2 aliphatic rings. The fourth-order valence-corrected chi connectivity index (χ4v) is 10.4. The molecule has 1 nitrogen and oxygen atoms in total. The molecular weight excluding hydrogens is 378 g/mol. The Bertz CT molecular complexity index is 807. The molecule has 1 N–H and O–H groups in total. The van der Waals surface area contributed by atoms with E-state index in [9.17, 15) is 0 Å². The number of benzene rings is 2. The maximum atomic E-state index is 4.41. The number of hydrogen-bond donors (Lipinski definition) is 1. The molecular formula is C28H37NSi. The second-order valence-corrected chi connectivity index (χ2v) is 12.6. The van der Waals surface area contributed by atoms with Gasteiger partial charge in [0.05, 0.1) is 0 Å². The van der Waals surface area contributed by atoms with Crippen LogP contribution in [-0.2, 0) is 0 Å². The molecule has 0 spiro atoms. The number of rotatable bonds is 9. The second-order valence-electron chi connectivity index (χ2n) is 9.03. The standard InChI is InChI=1S/C28H37NSi/c1-2-3-7-15-24-16-14-23-28(24)30(26-19-10-5-11-20-26,27-21-12-6-13-22-27)29-25-17-8-4-9-18-25/h5-6,10-14,16,19-22,25,29H,2-4,7-9,15,17-18,23H2,1H3. The fraction of sp³-hybridized carbons (Fsp3) is 0.429. The van der Waals surface area contributed by atoms with Crippen molar-refractivity contribution < 1.29 is 0 Å². The summed E-state index contributed by atoms with van der Waals surface area (Å²) >= 11 is 0. The first-order chi connectivity index (χ1) is 14.8. The highest BCUT2D eigenvalue weighted by Gasteiger charge is 2.44. The zero-order chi connectivity index (χ0) is 20.7. The third kappa shape index (κ3) is 4.55. The van der Waals surface area contributed by atoms with Crippen molar-refractivity contribution in [2.45, 2.75) is 77.2 Å². The van der Waals surface area contributed by atoms with Gasteiger partial charge in [0.2, 0.25) is 8.24 Å². The van der Waals surface area contributed by atoms with Crippen LogP contribution in [0.5, 0.6) is 0 Å². The Balaban J connectivity index is 1.85. The van der Waals surface area contributed by atoms with Crippen LogP contribution in [0, 0.1) is 0 Å². The zero-order valence-electron chi connectivity index (χ0n) is 18.6. The Morgan fingerprint density at radius 1 is 0.833 bits per heavy atom. The predicted octanol–water partition coefficient (Wildman–Crippen LogP) is 6.04. The Morgan fingerprint density at radius 2 is 1.47 bits per heavy atom. The summed E-state index contributed by atoms with van der Waals surface area (Å²) in [5, 5.41) is 4.75. The van der Waals surface area contributed by atoms with Crippen LogP contribution in [0.3, 0.4) is 0 Å². The van der Waals surface area contributed by atoms with E-state index in [1.54, 1.807) is 10.8 Å². The van der Waals surface area contributed by atoms with Crippen LogP contribution in [0.25, 0.3) is 0 Å². The van der Waals surface area contributed by atoms with E-state index in [0.717, 1.165) is 6.42 Å². The molecule has 4 rings (SSSR count). The van der Waals surface area contributed by atoms with Crippen LogP contribution >= 0.6 is 0 Å². The molecule has 0 atom stereocenters. The molecule has 2 aromatic carbocycles. The number of nitrogens with one attached hydrogen (secondary N) is 1. The first-order valence-corrected chi connectivity index (χ1v) is 14.1. The maximum absolute atomic E-state index is 4.41. The highest BCUT2D eigenvalue weighted by Crippen LogP contribution is 2.32. The molecule has 0 aromatic heterocycles. The first kappa shape index (κ1) is 21.3. The SMILES string of the molecule is CCCCCC1=C([Si](NC2CCCCC2)(c2ccccc2)c2ccccc2)CC=C1. The van der Waals surface area contributed by atoms with E-state index in [1.807, 2.05) is 0 Å². The van der Waals surface area contributed by atoms with Crippen LogP contribution in [0.2, 0.25) is 0 Å². The average Bonchev–Trinajstić information content (AvgIpc) is 3.28. The van der Waals surface area contributed by atoms with Crippen molar-refractivity contribution in [2.24, 2.45) is 0 Å². The van der Waals surface area contributed by atoms with Crippen molar-refractivity contribution in [3.05, 3.63) is 83.6 Å². The van der Waals surface area contributed by atoms with Gasteiger partial charge in [-0.15, -0.1) is 0 Å². The topological polar surface area (TPSA) is 12.0 Å². The molecule has 0 saturated heterocycles. The number of allylic oxidation sites excluding steroid dienone is 4. The van der Waals surface area contributed by atoms with Crippen LogP contribution in [0.4, 0.5) is 0 Å². The summed E-state index contributed by atoms with van der Waals surface area (Å²) in [6, 6.07) is 23.5. The fourth-order valence-electron chi connectivity index (χ4n) is 5.44. The lowest BCUT2D eigenvalue weighted by Gasteiger charge is -2.40. The first-order valence-electron chi connectivity index (χ1n) is 12.1. The van der Waals surface area contributed by atoms with Gasteiger partial charge in [0.1, 0.15) is 0 Å². The van der Waals surface area contributed by atoms with E-state index in [0.29, 0.717) is 6.04 Å². The molecule has 158 valence electrons. The highest BCUT2D eigenvalue weighted by atomic mass is 28.3. The van der Waals surface area contributed by atoms with Crippen LogP contribution in [-0.4, -0.2) is 14.3 Å². The maximum Gasteiger partial charge on any atom is 0.219 e. The summed E-state index contributed by atoms with van der Waals surface area (Å²) < 4.78 is 0. The summed E-state index contributed by atoms with van der Waals surface area (Å²) in [5.41, 5.74) is 1.62. The lowest BCUT2D eigenvalue weighted by molar-refractivity contribution is 0.416. The molecule has 2 heteroatoms. The van der Waals surface area contributed by atoms with Gasteiger partial charge in [0.15, 0.2) is 0 Å². The number of hydrogen-bond acceptors (Lipinski definition) is 1. The second kappa shape index (κ2) is 10.4.